The van der Waals surface area contributed by atoms with Crippen molar-refractivity contribution in [3.63, 3.8) is 0 Å². The second-order valence-corrected chi connectivity index (χ2v) is 6.29. The highest BCUT2D eigenvalue weighted by Crippen LogP contribution is 2.44. The largest absolute Gasteiger partial charge is 0.311 e. The highest BCUT2D eigenvalue weighted by atomic mass is 15.3. The predicted molar refractivity (Wildman–Crippen MR) is 67.6 cm³/mol. The van der Waals surface area contributed by atoms with E-state index in [2.05, 4.69) is 24.1 Å². The van der Waals surface area contributed by atoms with Crippen LogP contribution in [0.3, 0.4) is 0 Å². The van der Waals surface area contributed by atoms with Gasteiger partial charge in [0.15, 0.2) is 0 Å². The normalized spacial score (nSPS) is 39.4. The van der Waals surface area contributed by atoms with E-state index in [0.29, 0.717) is 5.54 Å². The van der Waals surface area contributed by atoms with E-state index in [1.165, 1.54) is 51.6 Å². The SMILES string of the molecule is CCC1(N2CC(C3CC3)NCC2C)CCC1. The van der Waals surface area contributed by atoms with Gasteiger partial charge in [-0.05, 0) is 51.4 Å². The van der Waals surface area contributed by atoms with E-state index in [9.17, 15) is 0 Å². The lowest BCUT2D eigenvalue weighted by Crippen LogP contribution is -2.66. The average Bonchev–Trinajstić information content (AvgIpc) is 3.03. The van der Waals surface area contributed by atoms with Crippen molar-refractivity contribution >= 4 is 0 Å². The van der Waals surface area contributed by atoms with Gasteiger partial charge in [0.05, 0.1) is 0 Å². The molecule has 1 N–H and O–H groups in total. The zero-order chi connectivity index (χ0) is 11.2. The Kier molecular flexibility index (Phi) is 2.75. The second-order valence-electron chi connectivity index (χ2n) is 6.29. The molecular weight excluding hydrogens is 196 g/mol. The molecule has 16 heavy (non-hydrogen) atoms. The smallest absolute Gasteiger partial charge is 0.0224 e. The topological polar surface area (TPSA) is 15.3 Å². The van der Waals surface area contributed by atoms with E-state index in [0.717, 1.165) is 18.0 Å². The molecule has 3 aliphatic rings. The minimum atomic E-state index is 0.592. The van der Waals surface area contributed by atoms with Crippen molar-refractivity contribution in [1.29, 1.82) is 0 Å². The van der Waals surface area contributed by atoms with Gasteiger partial charge in [-0.25, -0.2) is 0 Å². The molecule has 0 aromatic carbocycles. The zero-order valence-corrected chi connectivity index (χ0v) is 10.8. The molecule has 1 saturated heterocycles. The summed E-state index contributed by atoms with van der Waals surface area (Å²) < 4.78 is 0. The maximum Gasteiger partial charge on any atom is 0.0224 e. The van der Waals surface area contributed by atoms with Crippen LogP contribution < -0.4 is 5.32 Å². The molecule has 0 bridgehead atoms. The van der Waals surface area contributed by atoms with Gasteiger partial charge in [-0.3, -0.25) is 4.90 Å². The molecule has 3 fully saturated rings. The summed E-state index contributed by atoms with van der Waals surface area (Å²) in [6.07, 6.45) is 8.65. The van der Waals surface area contributed by atoms with Gasteiger partial charge in [-0.1, -0.05) is 6.92 Å². The van der Waals surface area contributed by atoms with Crippen LogP contribution in [0.4, 0.5) is 0 Å². The molecule has 2 saturated carbocycles. The van der Waals surface area contributed by atoms with Gasteiger partial charge >= 0.3 is 0 Å². The molecule has 0 amide bonds. The number of hydrogen-bond acceptors (Lipinski definition) is 2. The van der Waals surface area contributed by atoms with Crippen LogP contribution in [-0.2, 0) is 0 Å². The molecule has 2 unspecified atom stereocenters. The molecule has 2 atom stereocenters. The summed E-state index contributed by atoms with van der Waals surface area (Å²) in [5, 5.41) is 3.76. The van der Waals surface area contributed by atoms with E-state index in [1.54, 1.807) is 0 Å². The van der Waals surface area contributed by atoms with Crippen molar-refractivity contribution < 1.29 is 0 Å². The Balaban J connectivity index is 1.70. The molecule has 0 spiro atoms. The van der Waals surface area contributed by atoms with E-state index >= 15 is 0 Å². The molecule has 0 aromatic heterocycles. The van der Waals surface area contributed by atoms with E-state index in [-0.39, 0.29) is 0 Å². The standard InChI is InChI=1S/C14H26N2/c1-3-14(7-4-8-14)16-10-13(12-5-6-12)15-9-11(16)2/h11-13,15H,3-10H2,1-2H3. The fraction of sp³-hybridized carbons (Fsp3) is 1.00. The lowest BCUT2D eigenvalue weighted by Gasteiger charge is -2.56. The third-order valence-electron chi connectivity index (χ3n) is 5.34. The fourth-order valence-corrected chi connectivity index (χ4v) is 3.79. The summed E-state index contributed by atoms with van der Waals surface area (Å²) in [4.78, 5) is 2.86. The minimum absolute atomic E-state index is 0.592. The third kappa shape index (κ3) is 1.70. The Bertz CT molecular complexity index is 250. The van der Waals surface area contributed by atoms with Crippen molar-refractivity contribution in [2.75, 3.05) is 13.1 Å². The fourth-order valence-electron chi connectivity index (χ4n) is 3.79. The Hall–Kier alpha value is -0.0800. The molecule has 0 aromatic rings. The maximum atomic E-state index is 3.76. The summed E-state index contributed by atoms with van der Waals surface area (Å²) in [6, 6.07) is 1.55. The summed E-state index contributed by atoms with van der Waals surface area (Å²) in [7, 11) is 0. The quantitative estimate of drug-likeness (QED) is 0.789. The minimum Gasteiger partial charge on any atom is -0.311 e. The van der Waals surface area contributed by atoms with Crippen LogP contribution in [-0.4, -0.2) is 35.6 Å². The van der Waals surface area contributed by atoms with E-state index in [4.69, 9.17) is 0 Å². The van der Waals surface area contributed by atoms with Gasteiger partial charge in [0.2, 0.25) is 0 Å². The van der Waals surface area contributed by atoms with Crippen LogP contribution in [0.2, 0.25) is 0 Å². The molecule has 3 rings (SSSR count). The summed E-state index contributed by atoms with van der Waals surface area (Å²) in [6.45, 7) is 7.33. The van der Waals surface area contributed by atoms with Crippen molar-refractivity contribution in [3.8, 4) is 0 Å². The molecule has 92 valence electrons. The van der Waals surface area contributed by atoms with Gasteiger partial charge < -0.3 is 5.32 Å². The first kappa shape index (κ1) is 11.0. The number of hydrogen-bond donors (Lipinski definition) is 1. The number of piperazine rings is 1. The van der Waals surface area contributed by atoms with E-state index < -0.39 is 0 Å². The van der Waals surface area contributed by atoms with Crippen molar-refractivity contribution in [2.45, 2.75) is 70.0 Å². The second kappa shape index (κ2) is 3.99. The number of rotatable bonds is 3. The van der Waals surface area contributed by atoms with Crippen molar-refractivity contribution in [2.24, 2.45) is 5.92 Å². The Morgan fingerprint density at radius 3 is 2.56 bits per heavy atom. The van der Waals surface area contributed by atoms with Crippen LogP contribution >= 0.6 is 0 Å². The van der Waals surface area contributed by atoms with Gasteiger partial charge in [-0.2, -0.15) is 0 Å². The molecule has 0 radical (unpaired) electrons. The zero-order valence-electron chi connectivity index (χ0n) is 10.8. The Morgan fingerprint density at radius 1 is 1.31 bits per heavy atom. The lowest BCUT2D eigenvalue weighted by molar-refractivity contribution is -0.0401. The molecule has 2 nitrogen and oxygen atoms in total. The third-order valence-corrected chi connectivity index (χ3v) is 5.34. The average molecular weight is 222 g/mol. The van der Waals surface area contributed by atoms with Gasteiger partial charge in [0.25, 0.3) is 0 Å². The van der Waals surface area contributed by atoms with Crippen LogP contribution in [0.5, 0.6) is 0 Å². The summed E-state index contributed by atoms with van der Waals surface area (Å²) >= 11 is 0. The van der Waals surface area contributed by atoms with Gasteiger partial charge in [0, 0.05) is 30.7 Å². The highest BCUT2D eigenvalue weighted by molar-refractivity contribution is 5.04. The summed E-state index contributed by atoms with van der Waals surface area (Å²) in [5.41, 5.74) is 0.592. The Labute approximate surface area is 99.8 Å². The lowest BCUT2D eigenvalue weighted by atomic mass is 9.72. The molecule has 1 heterocycles. The van der Waals surface area contributed by atoms with Crippen LogP contribution in [0.25, 0.3) is 0 Å². The number of nitrogens with one attached hydrogen (secondary N) is 1. The van der Waals surface area contributed by atoms with Gasteiger partial charge in [-0.15, -0.1) is 0 Å². The van der Waals surface area contributed by atoms with Crippen molar-refractivity contribution in [3.05, 3.63) is 0 Å². The first-order valence-electron chi connectivity index (χ1n) is 7.25. The number of nitrogens with zero attached hydrogens (tertiary/aromatic N) is 1. The van der Waals surface area contributed by atoms with Gasteiger partial charge in [0.1, 0.15) is 0 Å². The predicted octanol–water partition coefficient (Wildman–Crippen LogP) is 2.39. The molecule has 2 heteroatoms. The first-order chi connectivity index (χ1) is 7.75. The highest BCUT2D eigenvalue weighted by Gasteiger charge is 2.46. The van der Waals surface area contributed by atoms with Crippen LogP contribution in [0.1, 0.15) is 52.4 Å². The molecule has 2 aliphatic carbocycles. The van der Waals surface area contributed by atoms with Crippen LogP contribution in [0.15, 0.2) is 0 Å². The van der Waals surface area contributed by atoms with Crippen LogP contribution in [0, 0.1) is 5.92 Å². The monoisotopic (exact) mass is 222 g/mol. The van der Waals surface area contributed by atoms with Crippen molar-refractivity contribution in [1.82, 2.24) is 10.2 Å². The Morgan fingerprint density at radius 2 is 2.06 bits per heavy atom. The maximum absolute atomic E-state index is 3.76. The molecule has 1 aliphatic heterocycles. The summed E-state index contributed by atoms with van der Waals surface area (Å²) in [5.74, 6) is 1.00. The molecular formula is C14H26N2. The van der Waals surface area contributed by atoms with E-state index in [1.807, 2.05) is 0 Å². The first-order valence-corrected chi connectivity index (χ1v) is 7.25.